The van der Waals surface area contributed by atoms with Gasteiger partial charge in [-0.05, 0) is 31.2 Å². The maximum Gasteiger partial charge on any atom is 0.407 e. The third-order valence-corrected chi connectivity index (χ3v) is 3.22. The van der Waals surface area contributed by atoms with Gasteiger partial charge in [-0.15, -0.1) is 0 Å². The van der Waals surface area contributed by atoms with Crippen molar-refractivity contribution in [1.82, 2.24) is 5.32 Å². The predicted molar refractivity (Wildman–Crippen MR) is 82.9 cm³/mol. The highest BCUT2D eigenvalue weighted by atomic mass is 16.5. The molecular formula is C17H24NO3. The van der Waals surface area contributed by atoms with E-state index < -0.39 is 12.1 Å². The maximum absolute atomic E-state index is 11.5. The van der Waals surface area contributed by atoms with Gasteiger partial charge in [-0.3, -0.25) is 4.79 Å². The van der Waals surface area contributed by atoms with E-state index >= 15 is 0 Å². The van der Waals surface area contributed by atoms with Crippen molar-refractivity contribution < 1.29 is 14.3 Å². The fourth-order valence-electron chi connectivity index (χ4n) is 2.02. The number of hydrogen-bond donors (Lipinski definition) is 1. The lowest BCUT2D eigenvalue weighted by molar-refractivity contribution is 0.142. The van der Waals surface area contributed by atoms with E-state index in [2.05, 4.69) is 24.4 Å². The Labute approximate surface area is 126 Å². The van der Waals surface area contributed by atoms with E-state index in [4.69, 9.17) is 4.74 Å². The van der Waals surface area contributed by atoms with Crippen molar-refractivity contribution in [1.29, 1.82) is 0 Å². The highest BCUT2D eigenvalue weighted by Crippen LogP contribution is 2.06. The number of aryl methyl sites for hydroxylation is 1. The van der Waals surface area contributed by atoms with Crippen LogP contribution in [0.1, 0.15) is 44.6 Å². The molecule has 0 spiro atoms. The zero-order valence-corrected chi connectivity index (χ0v) is 12.6. The highest BCUT2D eigenvalue weighted by molar-refractivity contribution is 5.73. The molecule has 0 heterocycles. The Hall–Kier alpha value is -1.84. The van der Waals surface area contributed by atoms with Crippen LogP contribution in [-0.2, 0) is 16.0 Å². The number of alkyl carbamates (subject to hydrolysis) is 1. The first kappa shape index (κ1) is 17.2. The maximum atomic E-state index is 11.5. The Morgan fingerprint density at radius 3 is 2.67 bits per heavy atom. The zero-order valence-electron chi connectivity index (χ0n) is 12.6. The largest absolute Gasteiger partial charge is 0.450 e. The standard InChI is InChI=1S/C17H24NO3/c1-2-3-7-13-21-17(20)18-16(14-19)12-8-11-15-9-5-4-6-10-15/h4-6,9-10,16H,2-3,7-8,11-13H2,1H3,(H,18,20). The van der Waals surface area contributed by atoms with E-state index in [0.29, 0.717) is 13.0 Å². The number of hydrogen-bond acceptors (Lipinski definition) is 3. The minimum Gasteiger partial charge on any atom is -0.450 e. The number of rotatable bonds is 10. The first-order valence-electron chi connectivity index (χ1n) is 7.61. The highest BCUT2D eigenvalue weighted by Gasteiger charge is 2.12. The van der Waals surface area contributed by atoms with E-state index in [1.165, 1.54) is 5.56 Å². The molecule has 0 fully saturated rings. The zero-order chi connectivity index (χ0) is 15.3. The SMILES string of the molecule is CCCCCOC(=O)NC([C]=O)CCCc1ccccc1. The van der Waals surface area contributed by atoms with Crippen LogP contribution in [0.3, 0.4) is 0 Å². The number of nitrogens with one attached hydrogen (secondary N) is 1. The van der Waals surface area contributed by atoms with Crippen molar-refractivity contribution in [2.75, 3.05) is 6.61 Å². The molecule has 21 heavy (non-hydrogen) atoms. The molecule has 1 atom stereocenters. The molecule has 115 valence electrons. The number of benzene rings is 1. The van der Waals surface area contributed by atoms with E-state index in [0.717, 1.165) is 32.1 Å². The smallest absolute Gasteiger partial charge is 0.407 e. The van der Waals surface area contributed by atoms with Crippen molar-refractivity contribution in [3.63, 3.8) is 0 Å². The molecule has 0 aliphatic rings. The van der Waals surface area contributed by atoms with Gasteiger partial charge in [-0.2, -0.15) is 0 Å². The first-order chi connectivity index (χ1) is 10.3. The Kier molecular flexibility index (Phi) is 8.93. The van der Waals surface area contributed by atoms with Crippen LogP contribution in [0.25, 0.3) is 0 Å². The minimum atomic E-state index is -0.590. The van der Waals surface area contributed by atoms with Gasteiger partial charge in [0.05, 0.1) is 12.6 Å². The molecular weight excluding hydrogens is 266 g/mol. The summed E-state index contributed by atoms with van der Waals surface area (Å²) in [6, 6.07) is 9.47. The summed E-state index contributed by atoms with van der Waals surface area (Å²) in [5.41, 5.74) is 1.23. The molecule has 0 aromatic heterocycles. The lowest BCUT2D eigenvalue weighted by Crippen LogP contribution is -2.36. The second kappa shape index (κ2) is 10.9. The van der Waals surface area contributed by atoms with Crippen LogP contribution >= 0.6 is 0 Å². The lowest BCUT2D eigenvalue weighted by atomic mass is 10.1. The van der Waals surface area contributed by atoms with Gasteiger partial charge >= 0.3 is 6.09 Å². The molecule has 1 N–H and O–H groups in total. The summed E-state index contributed by atoms with van der Waals surface area (Å²) >= 11 is 0. The summed E-state index contributed by atoms with van der Waals surface area (Å²) in [7, 11) is 0. The van der Waals surface area contributed by atoms with Gasteiger partial charge < -0.3 is 10.1 Å². The van der Waals surface area contributed by atoms with Gasteiger partial charge in [0.2, 0.25) is 6.29 Å². The molecule has 4 nitrogen and oxygen atoms in total. The summed E-state index contributed by atoms with van der Waals surface area (Å²) in [5, 5.41) is 2.55. The van der Waals surface area contributed by atoms with Crippen LogP contribution in [-0.4, -0.2) is 25.0 Å². The number of carbonyl (C=O) groups is 1. The molecule has 1 aromatic rings. The number of carbonyl (C=O) groups excluding carboxylic acids is 2. The second-order valence-corrected chi connectivity index (χ2v) is 5.04. The number of amides is 1. The summed E-state index contributed by atoms with van der Waals surface area (Å²) in [6.07, 6.45) is 6.57. The van der Waals surface area contributed by atoms with Crippen molar-refractivity contribution in [3.8, 4) is 0 Å². The van der Waals surface area contributed by atoms with Crippen LogP contribution in [0, 0.1) is 0 Å². The van der Waals surface area contributed by atoms with E-state index in [1.807, 2.05) is 24.5 Å². The van der Waals surface area contributed by atoms with Gasteiger partial charge in [0, 0.05) is 0 Å². The molecule has 4 heteroatoms. The van der Waals surface area contributed by atoms with Crippen LogP contribution in [0.5, 0.6) is 0 Å². The Balaban J connectivity index is 2.18. The Morgan fingerprint density at radius 1 is 1.24 bits per heavy atom. The molecule has 1 aromatic carbocycles. The van der Waals surface area contributed by atoms with Crippen molar-refractivity contribution >= 4 is 12.4 Å². The van der Waals surface area contributed by atoms with Gasteiger partial charge in [-0.1, -0.05) is 50.1 Å². The molecule has 0 aliphatic heterocycles. The Bertz CT molecular complexity index is 406. The van der Waals surface area contributed by atoms with Crippen molar-refractivity contribution in [2.24, 2.45) is 0 Å². The van der Waals surface area contributed by atoms with Gasteiger partial charge in [-0.25, -0.2) is 4.79 Å². The van der Waals surface area contributed by atoms with Crippen LogP contribution in [0.15, 0.2) is 30.3 Å². The number of ether oxygens (including phenoxy) is 1. The normalized spacial score (nSPS) is 11.7. The first-order valence-corrected chi connectivity index (χ1v) is 7.61. The average molecular weight is 290 g/mol. The second-order valence-electron chi connectivity index (χ2n) is 5.04. The topological polar surface area (TPSA) is 55.4 Å². The molecule has 0 saturated carbocycles. The molecule has 0 saturated heterocycles. The third kappa shape index (κ3) is 8.12. The summed E-state index contributed by atoms with van der Waals surface area (Å²) in [6.45, 7) is 2.49. The summed E-state index contributed by atoms with van der Waals surface area (Å²) in [4.78, 5) is 22.4. The van der Waals surface area contributed by atoms with Crippen LogP contribution < -0.4 is 5.32 Å². The van der Waals surface area contributed by atoms with E-state index in [-0.39, 0.29) is 0 Å². The molecule has 1 amide bonds. The van der Waals surface area contributed by atoms with Crippen LogP contribution in [0.4, 0.5) is 4.79 Å². The van der Waals surface area contributed by atoms with Gasteiger partial charge in [0.25, 0.3) is 0 Å². The minimum absolute atomic E-state index is 0.398. The van der Waals surface area contributed by atoms with Crippen LogP contribution in [0.2, 0.25) is 0 Å². The molecule has 1 rings (SSSR count). The molecule has 1 unspecified atom stereocenters. The van der Waals surface area contributed by atoms with Crippen molar-refractivity contribution in [2.45, 2.75) is 51.5 Å². The third-order valence-electron chi connectivity index (χ3n) is 3.22. The number of unbranched alkanes of at least 4 members (excludes halogenated alkanes) is 2. The van der Waals surface area contributed by atoms with E-state index in [9.17, 15) is 9.59 Å². The average Bonchev–Trinajstić information content (AvgIpc) is 2.51. The van der Waals surface area contributed by atoms with Crippen molar-refractivity contribution in [3.05, 3.63) is 35.9 Å². The molecule has 0 aliphatic carbocycles. The molecule has 0 bridgehead atoms. The fourth-order valence-corrected chi connectivity index (χ4v) is 2.02. The Morgan fingerprint density at radius 2 is 2.00 bits per heavy atom. The predicted octanol–water partition coefficient (Wildman–Crippen LogP) is 3.40. The lowest BCUT2D eigenvalue weighted by Gasteiger charge is -2.12. The fraction of sp³-hybridized carbons (Fsp3) is 0.529. The van der Waals surface area contributed by atoms with E-state index in [1.54, 1.807) is 0 Å². The van der Waals surface area contributed by atoms with Gasteiger partial charge in [0.1, 0.15) is 0 Å². The molecule has 1 radical (unpaired) electrons. The monoisotopic (exact) mass is 290 g/mol. The summed E-state index contributed by atoms with van der Waals surface area (Å²) < 4.78 is 5.01. The quantitative estimate of drug-likeness (QED) is 0.672. The van der Waals surface area contributed by atoms with Gasteiger partial charge in [0.15, 0.2) is 0 Å². The summed E-state index contributed by atoms with van der Waals surface area (Å²) in [5.74, 6) is 0.